The van der Waals surface area contributed by atoms with Crippen LogP contribution < -0.4 is 21.3 Å². The van der Waals surface area contributed by atoms with Crippen LogP contribution in [0.15, 0.2) is 39.8 Å². The lowest BCUT2D eigenvalue weighted by Crippen LogP contribution is -2.17. The average molecular weight is 342 g/mol. The number of rotatable bonds is 6. The van der Waals surface area contributed by atoms with Crippen LogP contribution in [0.3, 0.4) is 0 Å². The van der Waals surface area contributed by atoms with Crippen LogP contribution in [0.5, 0.6) is 5.75 Å². The molecule has 0 fully saturated rings. The molecule has 0 bridgehead atoms. The predicted molar refractivity (Wildman–Crippen MR) is 98.2 cm³/mol. The Labute approximate surface area is 143 Å². The van der Waals surface area contributed by atoms with Gasteiger partial charge in [-0.1, -0.05) is 12.1 Å². The lowest BCUT2D eigenvalue weighted by Gasteiger charge is -2.07. The van der Waals surface area contributed by atoms with Crippen LogP contribution in [0, 0.1) is 0 Å². The van der Waals surface area contributed by atoms with Gasteiger partial charge in [-0.15, -0.1) is 11.3 Å². The number of hydrogen-bond donors (Lipinski definition) is 3. The van der Waals surface area contributed by atoms with Crippen molar-refractivity contribution in [3.63, 3.8) is 0 Å². The largest absolute Gasteiger partial charge is 0.492 e. The van der Waals surface area contributed by atoms with Gasteiger partial charge in [-0.05, 0) is 30.8 Å². The number of aromatic amines is 1. The minimum Gasteiger partial charge on any atom is -0.492 e. The number of thiophene rings is 1. The van der Waals surface area contributed by atoms with Crippen molar-refractivity contribution < 1.29 is 4.74 Å². The summed E-state index contributed by atoms with van der Waals surface area (Å²) in [5, 5.41) is 6.74. The van der Waals surface area contributed by atoms with Gasteiger partial charge in [0.25, 0.3) is 5.56 Å². The summed E-state index contributed by atoms with van der Waals surface area (Å²) in [6.45, 7) is 1.34. The molecule has 0 amide bonds. The quantitative estimate of drug-likeness (QED) is 0.596. The second kappa shape index (κ2) is 7.29. The maximum absolute atomic E-state index is 12.1. The Bertz CT molecular complexity index is 929. The van der Waals surface area contributed by atoms with Crippen molar-refractivity contribution >= 4 is 34.1 Å². The van der Waals surface area contributed by atoms with Gasteiger partial charge in [0.15, 0.2) is 5.69 Å². The lowest BCUT2D eigenvalue weighted by atomic mass is 10.1. The summed E-state index contributed by atoms with van der Waals surface area (Å²) in [6, 6.07) is 7.54. The van der Waals surface area contributed by atoms with E-state index in [1.165, 1.54) is 11.3 Å². The Morgan fingerprint density at radius 1 is 1.46 bits per heavy atom. The molecular formula is C17H18N4O2S. The summed E-state index contributed by atoms with van der Waals surface area (Å²) >= 11 is 1.48. The Kier molecular flexibility index (Phi) is 4.93. The minimum atomic E-state index is -0.295. The maximum Gasteiger partial charge on any atom is 0.276 e. The van der Waals surface area contributed by atoms with Crippen molar-refractivity contribution in [1.82, 2.24) is 15.3 Å². The number of nitrogens with one attached hydrogen (secondary N) is 2. The van der Waals surface area contributed by atoms with E-state index < -0.39 is 0 Å². The molecule has 24 heavy (non-hydrogen) atoms. The molecule has 0 radical (unpaired) electrons. The highest BCUT2D eigenvalue weighted by molar-refractivity contribution is 7.09. The first kappa shape index (κ1) is 16.2. The van der Waals surface area contributed by atoms with Crippen LogP contribution in [0.4, 0.5) is 0 Å². The molecule has 4 N–H and O–H groups in total. The maximum atomic E-state index is 12.1. The van der Waals surface area contributed by atoms with E-state index >= 15 is 0 Å². The van der Waals surface area contributed by atoms with Gasteiger partial charge < -0.3 is 20.8 Å². The number of nitrogens with zero attached hydrogens (tertiary/aromatic N) is 1. The first-order valence-corrected chi connectivity index (χ1v) is 8.43. The van der Waals surface area contributed by atoms with E-state index in [0.29, 0.717) is 12.3 Å². The summed E-state index contributed by atoms with van der Waals surface area (Å²) < 4.78 is 5.63. The third-order valence-corrected chi connectivity index (χ3v) is 4.14. The van der Waals surface area contributed by atoms with Crippen LogP contribution >= 0.6 is 11.3 Å². The fraction of sp³-hybridized carbons (Fsp3) is 0.176. The number of aromatic nitrogens is 2. The zero-order valence-electron chi connectivity index (χ0n) is 13.2. The topological polar surface area (TPSA) is 93.0 Å². The third-order valence-electron chi connectivity index (χ3n) is 3.41. The molecule has 0 aliphatic heterocycles. The van der Waals surface area contributed by atoms with E-state index in [1.807, 2.05) is 42.1 Å². The number of likely N-dealkylation sites (N-methyl/N-ethyl adjacent to an activating group) is 1. The summed E-state index contributed by atoms with van der Waals surface area (Å²) in [5.41, 5.74) is 8.64. The normalized spacial score (nSPS) is 11.8. The second-order valence-corrected chi connectivity index (χ2v) is 5.95. The molecule has 124 valence electrons. The minimum absolute atomic E-state index is 0.224. The lowest BCUT2D eigenvalue weighted by molar-refractivity contribution is 0.318. The van der Waals surface area contributed by atoms with Gasteiger partial charge in [-0.25, -0.2) is 4.98 Å². The fourth-order valence-corrected chi connectivity index (χ4v) is 2.92. The standard InChI is InChI=1S/C17H18N4O2S/c1-19-5-6-23-12-4-2-3-11(7-12)8-13(18)16-17(22)21-15-10-24-9-14(15)20-16/h2-4,7-10,19H,5-6,18H2,1H3,(H,21,22)/b13-8-. The van der Waals surface area contributed by atoms with Crippen molar-refractivity contribution in [3.05, 3.63) is 56.6 Å². The molecule has 2 aromatic heterocycles. The highest BCUT2D eigenvalue weighted by Gasteiger charge is 2.08. The van der Waals surface area contributed by atoms with Crippen LogP contribution in [-0.2, 0) is 0 Å². The SMILES string of the molecule is CNCCOc1cccc(/C=C(\N)c2nc3cscc3[nH]c2=O)c1. The number of nitrogens with two attached hydrogens (primary N) is 1. The van der Waals surface area contributed by atoms with Crippen LogP contribution in [-0.4, -0.2) is 30.2 Å². The van der Waals surface area contributed by atoms with Crippen molar-refractivity contribution in [3.8, 4) is 5.75 Å². The molecule has 2 heterocycles. The molecule has 0 aliphatic carbocycles. The molecule has 1 aromatic carbocycles. The molecule has 0 atom stereocenters. The number of benzene rings is 1. The molecule has 3 rings (SSSR count). The fourth-order valence-electron chi connectivity index (χ4n) is 2.23. The van der Waals surface area contributed by atoms with Crippen LogP contribution in [0.2, 0.25) is 0 Å². The Balaban J connectivity index is 1.88. The first-order chi connectivity index (χ1) is 11.7. The van der Waals surface area contributed by atoms with Gasteiger partial charge >= 0.3 is 0 Å². The third kappa shape index (κ3) is 3.64. The van der Waals surface area contributed by atoms with Gasteiger partial charge in [0.1, 0.15) is 12.4 Å². The number of fused-ring (bicyclic) bond motifs is 1. The number of ether oxygens (including phenoxy) is 1. The van der Waals surface area contributed by atoms with E-state index in [1.54, 1.807) is 6.08 Å². The van der Waals surface area contributed by atoms with Gasteiger partial charge in [-0.2, -0.15) is 0 Å². The number of hydrogen-bond acceptors (Lipinski definition) is 6. The number of H-pyrrole nitrogens is 1. The molecule has 0 saturated carbocycles. The molecule has 0 aliphatic rings. The van der Waals surface area contributed by atoms with Gasteiger partial charge in [-0.3, -0.25) is 4.79 Å². The average Bonchev–Trinajstić information content (AvgIpc) is 3.02. The Morgan fingerprint density at radius 3 is 3.17 bits per heavy atom. The van der Waals surface area contributed by atoms with Crippen molar-refractivity contribution in [2.24, 2.45) is 5.73 Å². The molecular weight excluding hydrogens is 324 g/mol. The zero-order chi connectivity index (χ0) is 16.9. The molecule has 0 saturated heterocycles. The van der Waals surface area contributed by atoms with Crippen LogP contribution in [0.1, 0.15) is 11.3 Å². The van der Waals surface area contributed by atoms with E-state index in [4.69, 9.17) is 10.5 Å². The first-order valence-electron chi connectivity index (χ1n) is 7.48. The van der Waals surface area contributed by atoms with E-state index in [2.05, 4.69) is 15.3 Å². The Morgan fingerprint density at radius 2 is 2.33 bits per heavy atom. The smallest absolute Gasteiger partial charge is 0.276 e. The zero-order valence-corrected chi connectivity index (χ0v) is 14.0. The highest BCUT2D eigenvalue weighted by Crippen LogP contribution is 2.18. The summed E-state index contributed by atoms with van der Waals surface area (Å²) in [6.07, 6.45) is 1.72. The molecule has 0 unspecified atom stereocenters. The van der Waals surface area contributed by atoms with Gasteiger partial charge in [0.05, 0.1) is 16.7 Å². The van der Waals surface area contributed by atoms with Gasteiger partial charge in [0, 0.05) is 17.3 Å². The van der Waals surface area contributed by atoms with Crippen molar-refractivity contribution in [2.75, 3.05) is 20.2 Å². The summed E-state index contributed by atoms with van der Waals surface area (Å²) in [5.74, 6) is 0.752. The Hall–Kier alpha value is -2.64. The predicted octanol–water partition coefficient (Wildman–Crippen LogP) is 2.04. The highest BCUT2D eigenvalue weighted by atomic mass is 32.1. The summed E-state index contributed by atoms with van der Waals surface area (Å²) in [7, 11) is 1.87. The van der Waals surface area contributed by atoms with Crippen LogP contribution in [0.25, 0.3) is 22.8 Å². The van der Waals surface area contributed by atoms with E-state index in [0.717, 1.165) is 28.9 Å². The molecule has 0 spiro atoms. The molecule has 3 aromatic rings. The van der Waals surface area contributed by atoms with Crippen molar-refractivity contribution in [2.45, 2.75) is 0 Å². The van der Waals surface area contributed by atoms with E-state index in [-0.39, 0.29) is 11.3 Å². The monoisotopic (exact) mass is 342 g/mol. The summed E-state index contributed by atoms with van der Waals surface area (Å²) in [4.78, 5) is 19.3. The second-order valence-electron chi connectivity index (χ2n) is 5.21. The molecule has 7 heteroatoms. The van der Waals surface area contributed by atoms with Crippen molar-refractivity contribution in [1.29, 1.82) is 0 Å². The van der Waals surface area contributed by atoms with Gasteiger partial charge in [0.2, 0.25) is 0 Å². The van der Waals surface area contributed by atoms with E-state index in [9.17, 15) is 4.79 Å². The molecule has 6 nitrogen and oxygen atoms in total.